The van der Waals surface area contributed by atoms with Gasteiger partial charge in [-0.15, -0.1) is 0 Å². The van der Waals surface area contributed by atoms with Crippen molar-refractivity contribution in [2.75, 3.05) is 13.1 Å². The molecule has 1 aliphatic heterocycles. The zero-order valence-electron chi connectivity index (χ0n) is 9.33. The summed E-state index contributed by atoms with van der Waals surface area (Å²) in [5, 5.41) is 1.12. The van der Waals surface area contributed by atoms with Crippen LogP contribution in [0.2, 0.25) is 10.0 Å². The number of likely N-dealkylation sites (tertiary alicyclic amines) is 1. The second-order valence-electron chi connectivity index (χ2n) is 4.27. The van der Waals surface area contributed by atoms with Gasteiger partial charge in [0.15, 0.2) is 0 Å². The topological polar surface area (TPSA) is 46.3 Å². The van der Waals surface area contributed by atoms with Gasteiger partial charge in [-0.1, -0.05) is 35.3 Å². The highest BCUT2D eigenvalue weighted by atomic mass is 35.5. The Kier molecular flexibility index (Phi) is 3.92. The summed E-state index contributed by atoms with van der Waals surface area (Å²) in [7, 11) is 0. The van der Waals surface area contributed by atoms with Gasteiger partial charge in [0.2, 0.25) is 5.91 Å². The number of carbonyl (C=O) groups excluding carboxylic acids is 1. The molecule has 1 aromatic carbocycles. The van der Waals surface area contributed by atoms with Crippen molar-refractivity contribution in [2.24, 2.45) is 5.73 Å². The van der Waals surface area contributed by atoms with Crippen molar-refractivity contribution in [1.29, 1.82) is 0 Å². The van der Waals surface area contributed by atoms with Gasteiger partial charge in [-0.2, -0.15) is 0 Å². The van der Waals surface area contributed by atoms with Gasteiger partial charge < -0.3 is 10.6 Å². The van der Waals surface area contributed by atoms with E-state index in [4.69, 9.17) is 28.9 Å². The normalized spacial score (nSPS) is 20.1. The van der Waals surface area contributed by atoms with Crippen LogP contribution in [0.15, 0.2) is 18.2 Å². The van der Waals surface area contributed by atoms with Crippen molar-refractivity contribution >= 4 is 29.1 Å². The third kappa shape index (κ3) is 2.92. The molecule has 0 bridgehead atoms. The predicted octanol–water partition coefficient (Wildman–Crippen LogP) is 2.10. The van der Waals surface area contributed by atoms with Crippen LogP contribution in [0.5, 0.6) is 0 Å². The third-order valence-electron chi connectivity index (χ3n) is 2.93. The van der Waals surface area contributed by atoms with Crippen LogP contribution in [-0.4, -0.2) is 29.9 Å². The maximum Gasteiger partial charge on any atom is 0.224 e. The van der Waals surface area contributed by atoms with Crippen molar-refractivity contribution in [3.8, 4) is 0 Å². The summed E-state index contributed by atoms with van der Waals surface area (Å²) in [4.78, 5) is 13.3. The van der Waals surface area contributed by atoms with E-state index in [0.29, 0.717) is 36.0 Å². The van der Waals surface area contributed by atoms with E-state index in [0.717, 1.165) is 5.56 Å². The van der Waals surface area contributed by atoms with E-state index < -0.39 is 0 Å². The molecule has 1 amide bonds. The molecule has 17 heavy (non-hydrogen) atoms. The molecular weight excluding hydrogens is 259 g/mol. The summed E-state index contributed by atoms with van der Waals surface area (Å²) in [5.74, 6) is 0.121. The molecule has 1 aliphatic rings. The monoisotopic (exact) mass is 272 g/mol. The second-order valence-corrected chi connectivity index (χ2v) is 5.05. The highest BCUT2D eigenvalue weighted by Crippen LogP contribution is 2.26. The number of hydrogen-bond acceptors (Lipinski definition) is 2. The van der Waals surface area contributed by atoms with E-state index in [-0.39, 0.29) is 11.9 Å². The van der Waals surface area contributed by atoms with Gasteiger partial charge in [0.25, 0.3) is 0 Å². The summed E-state index contributed by atoms with van der Waals surface area (Å²) in [6.45, 7) is 1.28. The van der Waals surface area contributed by atoms with Crippen LogP contribution in [0.1, 0.15) is 12.0 Å². The number of halogens is 2. The van der Waals surface area contributed by atoms with E-state index in [1.807, 2.05) is 12.1 Å². The zero-order chi connectivity index (χ0) is 12.4. The maximum atomic E-state index is 11.5. The summed E-state index contributed by atoms with van der Waals surface area (Å²) in [5.41, 5.74) is 6.69. The molecule has 1 fully saturated rings. The lowest BCUT2D eigenvalue weighted by molar-refractivity contribution is -0.127. The Morgan fingerprint density at radius 2 is 2.18 bits per heavy atom. The number of benzene rings is 1. The van der Waals surface area contributed by atoms with Crippen LogP contribution < -0.4 is 5.73 Å². The van der Waals surface area contributed by atoms with Crippen LogP contribution >= 0.6 is 23.2 Å². The Bertz CT molecular complexity index is 437. The number of nitrogens with zero attached hydrogens (tertiary/aromatic N) is 1. The Hall–Kier alpha value is -0.770. The van der Waals surface area contributed by atoms with Crippen LogP contribution in [0.4, 0.5) is 0 Å². The van der Waals surface area contributed by atoms with E-state index in [9.17, 15) is 4.79 Å². The minimum absolute atomic E-state index is 0.0302. The average molecular weight is 273 g/mol. The van der Waals surface area contributed by atoms with Crippen LogP contribution in [0.25, 0.3) is 0 Å². The average Bonchev–Trinajstić information content (AvgIpc) is 2.60. The molecule has 1 aromatic rings. The zero-order valence-corrected chi connectivity index (χ0v) is 10.8. The van der Waals surface area contributed by atoms with Crippen molar-refractivity contribution in [1.82, 2.24) is 4.90 Å². The van der Waals surface area contributed by atoms with Gasteiger partial charge in [0, 0.05) is 25.6 Å². The second kappa shape index (κ2) is 5.25. The minimum Gasteiger partial charge on any atom is -0.341 e. The first-order valence-electron chi connectivity index (χ1n) is 5.54. The van der Waals surface area contributed by atoms with Crippen molar-refractivity contribution in [3.63, 3.8) is 0 Å². The van der Waals surface area contributed by atoms with Gasteiger partial charge in [-0.3, -0.25) is 4.79 Å². The van der Waals surface area contributed by atoms with Gasteiger partial charge in [0.1, 0.15) is 0 Å². The smallest absolute Gasteiger partial charge is 0.224 e. The largest absolute Gasteiger partial charge is 0.341 e. The molecule has 0 aliphatic carbocycles. The number of hydrogen-bond donors (Lipinski definition) is 1. The van der Waals surface area contributed by atoms with E-state index in [1.165, 1.54) is 0 Å². The molecule has 3 nitrogen and oxygen atoms in total. The highest BCUT2D eigenvalue weighted by Gasteiger charge is 2.26. The van der Waals surface area contributed by atoms with Crippen molar-refractivity contribution in [3.05, 3.63) is 33.8 Å². The number of nitrogens with two attached hydrogens (primary N) is 1. The fourth-order valence-corrected chi connectivity index (χ4v) is 2.43. The fourth-order valence-electron chi connectivity index (χ4n) is 2.02. The standard InChI is InChI=1S/C12H14Cl2N2O/c13-10-3-1-2-8(12(10)14)4-5-16-7-9(15)6-11(16)17/h1-3,9H,4-7,15H2. The highest BCUT2D eigenvalue weighted by molar-refractivity contribution is 6.42. The molecule has 2 rings (SSSR count). The molecule has 2 N–H and O–H groups in total. The number of carbonyl (C=O) groups is 1. The number of rotatable bonds is 3. The summed E-state index contributed by atoms with van der Waals surface area (Å²) in [6.07, 6.45) is 1.15. The fraction of sp³-hybridized carbons (Fsp3) is 0.417. The Morgan fingerprint density at radius 3 is 2.82 bits per heavy atom. The van der Waals surface area contributed by atoms with Gasteiger partial charge in [0.05, 0.1) is 10.0 Å². The lowest BCUT2D eigenvalue weighted by Gasteiger charge is -2.16. The molecule has 0 saturated carbocycles. The van der Waals surface area contributed by atoms with E-state index in [2.05, 4.69) is 0 Å². The van der Waals surface area contributed by atoms with E-state index >= 15 is 0 Å². The molecule has 1 saturated heterocycles. The van der Waals surface area contributed by atoms with Crippen LogP contribution in [0.3, 0.4) is 0 Å². The van der Waals surface area contributed by atoms with Gasteiger partial charge in [-0.05, 0) is 18.1 Å². The molecular formula is C12H14Cl2N2O. The minimum atomic E-state index is -0.0302. The Morgan fingerprint density at radius 1 is 1.41 bits per heavy atom. The first kappa shape index (κ1) is 12.7. The molecule has 1 heterocycles. The Balaban J connectivity index is 1.98. The number of amides is 1. The van der Waals surface area contributed by atoms with Crippen molar-refractivity contribution in [2.45, 2.75) is 18.9 Å². The Labute approximate surface area is 110 Å². The summed E-state index contributed by atoms with van der Waals surface area (Å²) in [6, 6.07) is 5.51. The molecule has 1 atom stereocenters. The molecule has 5 heteroatoms. The SMILES string of the molecule is NC1CC(=O)N(CCc2cccc(Cl)c2Cl)C1. The molecule has 92 valence electrons. The van der Waals surface area contributed by atoms with Crippen molar-refractivity contribution < 1.29 is 4.79 Å². The summed E-state index contributed by atoms with van der Waals surface area (Å²) < 4.78 is 0. The quantitative estimate of drug-likeness (QED) is 0.916. The van der Waals surface area contributed by atoms with Crippen LogP contribution in [0, 0.1) is 0 Å². The third-order valence-corrected chi connectivity index (χ3v) is 3.79. The lowest BCUT2D eigenvalue weighted by Crippen LogP contribution is -2.30. The molecule has 0 radical (unpaired) electrons. The van der Waals surface area contributed by atoms with Gasteiger partial charge in [-0.25, -0.2) is 0 Å². The molecule has 0 spiro atoms. The predicted molar refractivity (Wildman–Crippen MR) is 69.3 cm³/mol. The van der Waals surface area contributed by atoms with Crippen LogP contribution in [-0.2, 0) is 11.2 Å². The van der Waals surface area contributed by atoms with Gasteiger partial charge >= 0.3 is 0 Å². The maximum absolute atomic E-state index is 11.5. The molecule has 0 aromatic heterocycles. The molecule has 1 unspecified atom stereocenters. The van der Waals surface area contributed by atoms with E-state index in [1.54, 1.807) is 11.0 Å². The first-order valence-corrected chi connectivity index (χ1v) is 6.30. The lowest BCUT2D eigenvalue weighted by atomic mass is 10.1. The summed E-state index contributed by atoms with van der Waals surface area (Å²) >= 11 is 12.0. The first-order chi connectivity index (χ1) is 8.08.